The number of ketones is 1. The summed E-state index contributed by atoms with van der Waals surface area (Å²) in [6.45, 7) is 7.25. The Labute approximate surface area is 291 Å². The number of fused-ring (bicyclic) bond motifs is 2. The minimum Gasteiger partial charge on any atom is -0.495 e. The van der Waals surface area contributed by atoms with Gasteiger partial charge in [0, 0.05) is 24.3 Å². The van der Waals surface area contributed by atoms with E-state index >= 15 is 0 Å². The lowest BCUT2D eigenvalue weighted by atomic mass is 9.77. The van der Waals surface area contributed by atoms with Crippen molar-refractivity contribution < 1.29 is 43.6 Å². The van der Waals surface area contributed by atoms with Crippen LogP contribution in [-0.2, 0) is 30.5 Å². The molecule has 49 heavy (non-hydrogen) atoms. The summed E-state index contributed by atoms with van der Waals surface area (Å²) in [6, 6.07) is 4.08. The van der Waals surface area contributed by atoms with Crippen molar-refractivity contribution in [1.82, 2.24) is 9.88 Å². The number of esters is 1. The fraction of sp³-hybridized carbons (Fsp3) is 0.649. The summed E-state index contributed by atoms with van der Waals surface area (Å²) in [5, 5.41) is 20.9. The van der Waals surface area contributed by atoms with E-state index in [2.05, 4.69) is 4.98 Å². The molecular weight excluding hydrogens is 652 g/mol. The normalized spacial score (nSPS) is 29.3. The Kier molecular flexibility index (Phi) is 9.65. The topological polar surface area (TPSA) is 153 Å². The zero-order valence-electron chi connectivity index (χ0n) is 28.9. The first-order valence-electron chi connectivity index (χ1n) is 17.4. The maximum Gasteiger partial charge on any atom is 0.310 e. The monoisotopic (exact) mass is 698 g/mol. The first-order chi connectivity index (χ1) is 23.2. The number of benzene rings is 1. The Morgan fingerprint density at radius 3 is 2.39 bits per heavy atom. The Morgan fingerprint density at radius 2 is 1.80 bits per heavy atom. The van der Waals surface area contributed by atoms with Gasteiger partial charge in [0.05, 0.1) is 55.3 Å². The number of aliphatic hydroxyl groups is 1. The average molecular weight is 699 g/mol. The highest BCUT2D eigenvalue weighted by Crippen LogP contribution is 2.58. The molecule has 1 amide bonds. The van der Waals surface area contributed by atoms with Gasteiger partial charge >= 0.3 is 11.9 Å². The van der Waals surface area contributed by atoms with Crippen LogP contribution in [0.2, 0.25) is 5.02 Å². The molecule has 1 saturated heterocycles. The predicted octanol–water partition coefficient (Wildman–Crippen LogP) is 5.59. The molecule has 0 bridgehead atoms. The van der Waals surface area contributed by atoms with Gasteiger partial charge in [0.15, 0.2) is 5.78 Å². The number of aromatic nitrogens is 1. The van der Waals surface area contributed by atoms with Crippen LogP contribution in [-0.4, -0.2) is 75.6 Å². The van der Waals surface area contributed by atoms with Gasteiger partial charge in [0.2, 0.25) is 5.91 Å². The SMILES string of the molecule is CC[C@@H]1C[C@]1(CC(=O)[C@@H]1C[C@@H](Oc2cc(CO)nc3c(Cl)c(OC)ccc23)CN1C(=O)[C@@H](CC(=O)OC1C[C@@H]2C[C@@H]2C1)C(C)(C)C)C(=O)O. The van der Waals surface area contributed by atoms with Gasteiger partial charge in [-0.1, -0.05) is 45.7 Å². The lowest BCUT2D eigenvalue weighted by Gasteiger charge is -2.35. The van der Waals surface area contributed by atoms with E-state index in [0.29, 0.717) is 52.8 Å². The molecule has 11 nitrogen and oxygen atoms in total. The van der Waals surface area contributed by atoms with Crippen molar-refractivity contribution in [3.05, 3.63) is 28.9 Å². The summed E-state index contributed by atoms with van der Waals surface area (Å²) in [5.41, 5.74) is -1.10. The van der Waals surface area contributed by atoms with Crippen LogP contribution < -0.4 is 9.47 Å². The van der Waals surface area contributed by atoms with E-state index in [1.165, 1.54) is 18.4 Å². The first kappa shape index (κ1) is 35.4. The molecule has 8 atom stereocenters. The molecule has 2 aromatic rings. The molecule has 3 aliphatic carbocycles. The third-order valence-electron chi connectivity index (χ3n) is 11.3. The van der Waals surface area contributed by atoms with E-state index in [4.69, 9.17) is 25.8 Å². The van der Waals surface area contributed by atoms with Crippen LogP contribution in [0.4, 0.5) is 0 Å². The van der Waals surface area contributed by atoms with Crippen molar-refractivity contribution in [2.24, 2.45) is 34.5 Å². The molecule has 4 fully saturated rings. The van der Waals surface area contributed by atoms with Gasteiger partial charge in [-0.2, -0.15) is 0 Å². The van der Waals surface area contributed by atoms with Gasteiger partial charge in [0.25, 0.3) is 0 Å². The molecular formula is C37H47ClN2O9. The maximum absolute atomic E-state index is 14.5. The third kappa shape index (κ3) is 6.98. The zero-order valence-corrected chi connectivity index (χ0v) is 29.6. The number of ether oxygens (including phenoxy) is 3. The molecule has 4 aliphatic rings. The van der Waals surface area contributed by atoms with Crippen LogP contribution in [0, 0.1) is 34.5 Å². The van der Waals surface area contributed by atoms with Crippen LogP contribution >= 0.6 is 11.6 Å². The zero-order chi connectivity index (χ0) is 35.4. The number of pyridine rings is 1. The summed E-state index contributed by atoms with van der Waals surface area (Å²) in [5.74, 6) is -0.945. The number of hydrogen-bond donors (Lipinski definition) is 2. The fourth-order valence-corrected chi connectivity index (χ4v) is 8.51. The van der Waals surface area contributed by atoms with Gasteiger partial charge in [0.1, 0.15) is 28.7 Å². The summed E-state index contributed by atoms with van der Waals surface area (Å²) < 4.78 is 17.7. The highest BCUT2D eigenvalue weighted by molar-refractivity contribution is 6.36. The number of nitrogens with zero attached hydrogens (tertiary/aromatic N) is 2. The molecule has 266 valence electrons. The predicted molar refractivity (Wildman–Crippen MR) is 180 cm³/mol. The van der Waals surface area contributed by atoms with E-state index < -0.39 is 40.8 Å². The first-order valence-corrected chi connectivity index (χ1v) is 17.8. The number of amides is 1. The Balaban J connectivity index is 1.28. The second kappa shape index (κ2) is 13.4. The second-order valence-corrected chi connectivity index (χ2v) is 16.0. The lowest BCUT2D eigenvalue weighted by molar-refractivity contribution is -0.157. The van der Waals surface area contributed by atoms with Crippen molar-refractivity contribution >= 4 is 46.1 Å². The van der Waals surface area contributed by atoms with Gasteiger partial charge in [-0.25, -0.2) is 4.98 Å². The number of carbonyl (C=O) groups is 4. The number of hydrogen-bond acceptors (Lipinski definition) is 9. The van der Waals surface area contributed by atoms with Gasteiger partial charge in [-0.05, 0) is 61.0 Å². The number of aliphatic hydroxyl groups excluding tert-OH is 1. The molecule has 3 saturated carbocycles. The number of Topliss-reactive ketones (excluding diaryl/α,β-unsaturated/α-hetero) is 1. The number of rotatable bonds is 13. The molecule has 0 radical (unpaired) electrons. The molecule has 2 heterocycles. The summed E-state index contributed by atoms with van der Waals surface area (Å²) in [7, 11) is 1.49. The number of aliphatic carboxylic acids is 1. The number of carboxylic acids is 1. The summed E-state index contributed by atoms with van der Waals surface area (Å²) in [6.07, 6.45) is 3.06. The fourth-order valence-electron chi connectivity index (χ4n) is 8.23. The van der Waals surface area contributed by atoms with E-state index in [0.717, 1.165) is 12.8 Å². The van der Waals surface area contributed by atoms with Crippen molar-refractivity contribution in [2.45, 2.75) is 104 Å². The van der Waals surface area contributed by atoms with Crippen molar-refractivity contribution in [3.63, 3.8) is 0 Å². The van der Waals surface area contributed by atoms with Gasteiger partial charge in [-0.15, -0.1) is 0 Å². The lowest BCUT2D eigenvalue weighted by Crippen LogP contribution is -2.48. The number of carbonyl (C=O) groups excluding carboxylic acids is 3. The number of methoxy groups -OCH3 is 1. The summed E-state index contributed by atoms with van der Waals surface area (Å²) in [4.78, 5) is 60.1. The van der Waals surface area contributed by atoms with Gasteiger partial charge in [-0.3, -0.25) is 19.2 Å². The molecule has 1 aliphatic heterocycles. The van der Waals surface area contributed by atoms with Crippen molar-refractivity contribution in [2.75, 3.05) is 13.7 Å². The summed E-state index contributed by atoms with van der Waals surface area (Å²) >= 11 is 6.58. The smallest absolute Gasteiger partial charge is 0.310 e. The van der Waals surface area contributed by atoms with Crippen LogP contribution in [0.25, 0.3) is 10.9 Å². The van der Waals surface area contributed by atoms with Crippen LogP contribution in [0.5, 0.6) is 11.5 Å². The Morgan fingerprint density at radius 1 is 1.08 bits per heavy atom. The molecule has 12 heteroatoms. The Hall–Kier alpha value is -3.44. The largest absolute Gasteiger partial charge is 0.495 e. The molecule has 0 spiro atoms. The number of halogens is 1. The number of likely N-dealkylation sites (tertiary alicyclic amines) is 1. The van der Waals surface area contributed by atoms with E-state index in [1.54, 1.807) is 18.2 Å². The number of carboxylic acid groups (broad SMARTS) is 1. The molecule has 2 N–H and O–H groups in total. The van der Waals surface area contributed by atoms with Crippen LogP contribution in [0.1, 0.15) is 84.8 Å². The molecule has 1 aromatic carbocycles. The minimum absolute atomic E-state index is 0.0439. The Bertz CT molecular complexity index is 1650. The maximum atomic E-state index is 14.5. The second-order valence-electron chi connectivity index (χ2n) is 15.6. The highest BCUT2D eigenvalue weighted by atomic mass is 35.5. The molecule has 6 rings (SSSR count). The molecule has 1 unspecified atom stereocenters. The van der Waals surface area contributed by atoms with Crippen molar-refractivity contribution in [3.8, 4) is 11.5 Å². The van der Waals surface area contributed by atoms with Crippen LogP contribution in [0.15, 0.2) is 18.2 Å². The van der Waals surface area contributed by atoms with E-state index in [9.17, 15) is 29.4 Å². The minimum atomic E-state index is -1.14. The standard InChI is InChI=1S/C37H47ClN2O9/c1-6-21-15-37(21,35(45)46)16-28(42)27-13-24(48-30-12-22(18-41)39-33-25(30)7-8-29(47-5)32(33)38)17-40(27)34(44)26(36(2,3)4)14-31(43)49-23-10-19-9-20(19)11-23/h7-8,12,19-21,23-24,26-27,41H,6,9-11,13-18H2,1-5H3,(H,45,46)/t19-,20+,21-,23?,24-,26-,27+,37-/m1/s1. The van der Waals surface area contributed by atoms with E-state index in [1.807, 2.05) is 27.7 Å². The van der Waals surface area contributed by atoms with Crippen LogP contribution in [0.3, 0.4) is 0 Å². The average Bonchev–Trinajstić information content (AvgIpc) is 3.86. The quantitative estimate of drug-likeness (QED) is 0.253. The highest BCUT2D eigenvalue weighted by Gasteiger charge is 2.61. The van der Waals surface area contributed by atoms with Gasteiger partial charge < -0.3 is 29.3 Å². The van der Waals surface area contributed by atoms with Crippen molar-refractivity contribution in [1.29, 1.82) is 0 Å². The van der Waals surface area contributed by atoms with E-state index in [-0.39, 0.29) is 61.1 Å². The molecule has 1 aromatic heterocycles. The third-order valence-corrected chi connectivity index (χ3v) is 11.7.